The van der Waals surface area contributed by atoms with E-state index in [1.165, 1.54) is 64.2 Å². The van der Waals surface area contributed by atoms with Gasteiger partial charge in [0.15, 0.2) is 6.23 Å². The summed E-state index contributed by atoms with van der Waals surface area (Å²) in [7, 11) is 0. The molecular weight excluding hydrogens is 374 g/mol. The van der Waals surface area contributed by atoms with E-state index >= 15 is 0 Å². The Morgan fingerprint density at radius 2 is 1.24 bits per heavy atom. The number of nitrogens with one attached hydrogen (secondary N) is 1. The molecule has 1 aliphatic heterocycles. The van der Waals surface area contributed by atoms with E-state index in [9.17, 15) is 20.1 Å². The maximum atomic E-state index is 12.0. The minimum Gasteiger partial charge on any atom is -0.394 e. The van der Waals surface area contributed by atoms with Crippen LogP contribution in [-0.4, -0.2) is 63.6 Å². The highest BCUT2D eigenvalue weighted by Crippen LogP contribution is 2.20. The predicted molar refractivity (Wildman–Crippen MR) is 112 cm³/mol. The summed E-state index contributed by atoms with van der Waals surface area (Å²) in [5.74, 6) is -0.266. The molecule has 0 aromatic rings. The van der Waals surface area contributed by atoms with E-state index in [0.29, 0.717) is 6.42 Å². The summed E-state index contributed by atoms with van der Waals surface area (Å²) in [6.45, 7) is 1.74. The minimum atomic E-state index is -1.47. The van der Waals surface area contributed by atoms with Crippen LogP contribution in [0.15, 0.2) is 0 Å². The Balaban J connectivity index is 2.00. The average molecular weight is 418 g/mol. The van der Waals surface area contributed by atoms with Crippen LogP contribution in [0.5, 0.6) is 0 Å². The third-order valence-corrected chi connectivity index (χ3v) is 5.70. The Kier molecular flexibility index (Phi) is 14.5. The lowest BCUT2D eigenvalue weighted by molar-refractivity contribution is -0.236. The van der Waals surface area contributed by atoms with Gasteiger partial charge in [0.1, 0.15) is 24.4 Å². The van der Waals surface area contributed by atoms with Crippen molar-refractivity contribution in [1.29, 1.82) is 0 Å². The van der Waals surface area contributed by atoms with Crippen molar-refractivity contribution in [2.75, 3.05) is 6.61 Å². The van der Waals surface area contributed by atoms with Gasteiger partial charge in [-0.25, -0.2) is 0 Å². The maximum Gasteiger partial charge on any atom is 0.222 e. The lowest BCUT2D eigenvalue weighted by Crippen LogP contribution is -2.63. The first-order chi connectivity index (χ1) is 14.0. The Hall–Kier alpha value is -0.730. The highest BCUT2D eigenvalue weighted by molar-refractivity contribution is 5.76. The molecule has 1 aliphatic rings. The van der Waals surface area contributed by atoms with Crippen molar-refractivity contribution in [2.45, 2.75) is 127 Å². The second-order valence-corrected chi connectivity index (χ2v) is 8.31. The molecule has 1 heterocycles. The van der Waals surface area contributed by atoms with Crippen LogP contribution in [0, 0.1) is 0 Å². The number of amides is 1. The van der Waals surface area contributed by atoms with Gasteiger partial charge in [0, 0.05) is 6.42 Å². The highest BCUT2D eigenvalue weighted by Gasteiger charge is 2.43. The van der Waals surface area contributed by atoms with Gasteiger partial charge in [-0.05, 0) is 6.42 Å². The van der Waals surface area contributed by atoms with E-state index in [-0.39, 0.29) is 5.91 Å². The summed E-state index contributed by atoms with van der Waals surface area (Å²) in [5, 5.41) is 41.1. The third kappa shape index (κ3) is 10.7. The van der Waals surface area contributed by atoms with Gasteiger partial charge >= 0.3 is 0 Å². The fraction of sp³-hybridized carbons (Fsp3) is 0.955. The molecule has 0 aromatic heterocycles. The van der Waals surface area contributed by atoms with Gasteiger partial charge in [-0.3, -0.25) is 4.79 Å². The van der Waals surface area contributed by atoms with Crippen LogP contribution in [0.2, 0.25) is 0 Å². The van der Waals surface area contributed by atoms with E-state index in [1.54, 1.807) is 0 Å². The lowest BCUT2D eigenvalue weighted by atomic mass is 9.98. The normalized spacial score (nSPS) is 27.1. The lowest BCUT2D eigenvalue weighted by Gasteiger charge is -2.40. The van der Waals surface area contributed by atoms with Gasteiger partial charge < -0.3 is 30.5 Å². The molecule has 0 saturated carbocycles. The molecule has 1 rings (SSSR count). The number of hydrogen-bond acceptors (Lipinski definition) is 6. The molecule has 5 N–H and O–H groups in total. The summed E-state index contributed by atoms with van der Waals surface area (Å²) in [6.07, 6.45) is 9.96. The van der Waals surface area contributed by atoms with Crippen molar-refractivity contribution in [2.24, 2.45) is 0 Å². The van der Waals surface area contributed by atoms with Crippen LogP contribution in [0.25, 0.3) is 0 Å². The van der Waals surface area contributed by atoms with E-state index < -0.39 is 37.3 Å². The molecule has 0 aromatic carbocycles. The van der Waals surface area contributed by atoms with Gasteiger partial charge in [0.2, 0.25) is 5.91 Å². The number of rotatable bonds is 16. The molecule has 0 bridgehead atoms. The zero-order chi connectivity index (χ0) is 21.5. The molecule has 0 radical (unpaired) electrons. The first-order valence-corrected chi connectivity index (χ1v) is 11.6. The predicted octanol–water partition coefficient (Wildman–Crippen LogP) is 2.38. The zero-order valence-electron chi connectivity index (χ0n) is 18.1. The first kappa shape index (κ1) is 26.3. The molecule has 29 heavy (non-hydrogen) atoms. The van der Waals surface area contributed by atoms with E-state index in [1.807, 2.05) is 0 Å². The Morgan fingerprint density at radius 3 is 1.72 bits per heavy atom. The van der Waals surface area contributed by atoms with Crippen LogP contribution in [0.1, 0.15) is 96.8 Å². The van der Waals surface area contributed by atoms with Crippen molar-refractivity contribution in [3.8, 4) is 0 Å². The minimum absolute atomic E-state index is 0.266. The molecule has 0 spiro atoms. The van der Waals surface area contributed by atoms with Crippen molar-refractivity contribution in [3.63, 3.8) is 0 Å². The summed E-state index contributed by atoms with van der Waals surface area (Å²) in [4.78, 5) is 12.0. The maximum absolute atomic E-state index is 12.0. The molecule has 1 saturated heterocycles. The number of carbonyl (C=O) groups is 1. The largest absolute Gasteiger partial charge is 0.394 e. The number of aliphatic hydroxyl groups is 4. The fourth-order valence-corrected chi connectivity index (χ4v) is 3.75. The molecule has 7 nitrogen and oxygen atoms in total. The van der Waals surface area contributed by atoms with Gasteiger partial charge in [0.25, 0.3) is 0 Å². The topological polar surface area (TPSA) is 119 Å². The van der Waals surface area contributed by atoms with E-state index in [2.05, 4.69) is 12.2 Å². The van der Waals surface area contributed by atoms with Gasteiger partial charge in [-0.15, -0.1) is 0 Å². The van der Waals surface area contributed by atoms with Gasteiger partial charge in [0.05, 0.1) is 6.61 Å². The Labute approximate surface area is 175 Å². The fourth-order valence-electron chi connectivity index (χ4n) is 3.75. The summed E-state index contributed by atoms with van der Waals surface area (Å²) in [5.41, 5.74) is 0. The number of unbranched alkanes of at least 4 members (excludes halogenated alkanes) is 12. The number of aliphatic hydroxyl groups excluding tert-OH is 4. The standard InChI is InChI=1S/C22H43NO6/c1-2-3-4-5-6-7-8-9-10-11-12-13-14-15-18(25)23-22-21(28)20(27)19(26)17(16-24)29-22/h17,19-22,24,26-28H,2-16H2,1H3,(H,23,25)/t17-,19-,20+,21+,22-/m1/s1. The quantitative estimate of drug-likeness (QED) is 0.246. The monoisotopic (exact) mass is 417 g/mol. The van der Waals surface area contributed by atoms with Crippen LogP contribution >= 0.6 is 0 Å². The zero-order valence-corrected chi connectivity index (χ0v) is 18.1. The van der Waals surface area contributed by atoms with Crippen molar-refractivity contribution >= 4 is 5.91 Å². The van der Waals surface area contributed by atoms with Crippen LogP contribution < -0.4 is 5.32 Å². The van der Waals surface area contributed by atoms with Crippen LogP contribution in [0.3, 0.4) is 0 Å². The van der Waals surface area contributed by atoms with Crippen LogP contribution in [-0.2, 0) is 9.53 Å². The number of hydrogen-bond donors (Lipinski definition) is 5. The van der Waals surface area contributed by atoms with Crippen molar-refractivity contribution in [1.82, 2.24) is 5.32 Å². The SMILES string of the molecule is CCCCCCCCCCCCCCCC(=O)N[C@@H]1O[C@H](CO)[C@@H](O)[C@H](O)[C@@H]1O. The molecule has 7 heteroatoms. The number of ether oxygens (including phenoxy) is 1. The summed E-state index contributed by atoms with van der Waals surface area (Å²) >= 11 is 0. The van der Waals surface area contributed by atoms with E-state index in [4.69, 9.17) is 9.84 Å². The first-order valence-electron chi connectivity index (χ1n) is 11.6. The van der Waals surface area contributed by atoms with Gasteiger partial charge in [-0.1, -0.05) is 84.0 Å². The molecule has 0 aliphatic carbocycles. The molecule has 1 amide bonds. The molecular formula is C22H43NO6. The smallest absolute Gasteiger partial charge is 0.222 e. The van der Waals surface area contributed by atoms with Crippen molar-refractivity contribution < 1.29 is 30.0 Å². The number of carbonyl (C=O) groups excluding carboxylic acids is 1. The Bertz CT molecular complexity index is 420. The highest BCUT2D eigenvalue weighted by atomic mass is 16.6. The Morgan fingerprint density at radius 1 is 0.759 bits per heavy atom. The van der Waals surface area contributed by atoms with Crippen LogP contribution in [0.4, 0.5) is 0 Å². The summed E-state index contributed by atoms with van der Waals surface area (Å²) < 4.78 is 5.28. The second-order valence-electron chi connectivity index (χ2n) is 8.31. The molecule has 0 unspecified atom stereocenters. The second kappa shape index (κ2) is 16.0. The van der Waals surface area contributed by atoms with E-state index in [0.717, 1.165) is 19.3 Å². The molecule has 1 fully saturated rings. The molecule has 5 atom stereocenters. The average Bonchev–Trinajstić information content (AvgIpc) is 2.71. The molecule has 172 valence electrons. The third-order valence-electron chi connectivity index (χ3n) is 5.70. The summed E-state index contributed by atoms with van der Waals surface area (Å²) in [6, 6.07) is 0. The van der Waals surface area contributed by atoms with Crippen molar-refractivity contribution in [3.05, 3.63) is 0 Å². The van der Waals surface area contributed by atoms with Gasteiger partial charge in [-0.2, -0.15) is 0 Å².